The minimum absolute atomic E-state index is 0.0544. The highest BCUT2D eigenvalue weighted by Crippen LogP contribution is 2.27. The van der Waals surface area contributed by atoms with Crippen molar-refractivity contribution in [3.05, 3.63) is 60.2 Å². The van der Waals surface area contributed by atoms with Crippen molar-refractivity contribution in [1.82, 2.24) is 4.90 Å². The van der Waals surface area contributed by atoms with E-state index in [2.05, 4.69) is 0 Å². The highest BCUT2D eigenvalue weighted by molar-refractivity contribution is 6.01. The maximum Gasteiger partial charge on any atom is 0.256 e. The van der Waals surface area contributed by atoms with E-state index in [1.807, 2.05) is 59.5 Å². The Bertz CT molecular complexity index is 624. The van der Waals surface area contributed by atoms with Gasteiger partial charge in [-0.05, 0) is 30.0 Å². The molecule has 2 aromatic carbocycles. The van der Waals surface area contributed by atoms with Crippen LogP contribution in [0.1, 0.15) is 23.2 Å². The van der Waals surface area contributed by atoms with Gasteiger partial charge in [-0.15, -0.1) is 0 Å². The highest BCUT2D eigenvalue weighted by Gasteiger charge is 2.30. The topological polar surface area (TPSA) is 29.5 Å². The molecule has 2 aromatic rings. The first-order valence-corrected chi connectivity index (χ1v) is 7.29. The maximum atomic E-state index is 12.9. The Kier molecular flexibility index (Phi) is 4.02. The van der Waals surface area contributed by atoms with Crippen molar-refractivity contribution in [2.45, 2.75) is 19.1 Å². The third-order valence-corrected chi connectivity index (χ3v) is 3.97. The molecule has 1 aliphatic rings. The summed E-state index contributed by atoms with van der Waals surface area (Å²) in [6.07, 6.45) is 1.81. The lowest BCUT2D eigenvalue weighted by molar-refractivity contribution is 0.00171. The van der Waals surface area contributed by atoms with Crippen molar-refractivity contribution in [3.63, 3.8) is 0 Å². The lowest BCUT2D eigenvalue weighted by atomic mass is 9.99. The van der Waals surface area contributed by atoms with E-state index >= 15 is 0 Å². The first-order valence-electron chi connectivity index (χ1n) is 7.29. The average molecular weight is 281 g/mol. The van der Waals surface area contributed by atoms with Crippen molar-refractivity contribution in [1.29, 1.82) is 0 Å². The molecular weight excluding hydrogens is 262 g/mol. The average Bonchev–Trinajstić information content (AvgIpc) is 3.03. The van der Waals surface area contributed by atoms with Crippen LogP contribution in [0.5, 0.6) is 0 Å². The third kappa shape index (κ3) is 2.69. The molecule has 1 amide bonds. The van der Waals surface area contributed by atoms with Crippen LogP contribution in [0.3, 0.4) is 0 Å². The zero-order valence-electron chi connectivity index (χ0n) is 12.2. The predicted octanol–water partition coefficient (Wildman–Crippen LogP) is 3.56. The molecule has 3 rings (SSSR count). The van der Waals surface area contributed by atoms with Crippen LogP contribution >= 0.6 is 0 Å². The Hall–Kier alpha value is -2.13. The van der Waals surface area contributed by atoms with Crippen LogP contribution < -0.4 is 0 Å². The molecule has 1 saturated heterocycles. The van der Waals surface area contributed by atoms with Gasteiger partial charge in [0.15, 0.2) is 0 Å². The second kappa shape index (κ2) is 6.10. The number of benzene rings is 2. The van der Waals surface area contributed by atoms with Crippen LogP contribution in [0.15, 0.2) is 54.6 Å². The van der Waals surface area contributed by atoms with Crippen molar-refractivity contribution in [2.24, 2.45) is 0 Å². The molecule has 1 heterocycles. The maximum absolute atomic E-state index is 12.9. The summed E-state index contributed by atoms with van der Waals surface area (Å²) in [4.78, 5) is 14.7. The van der Waals surface area contributed by atoms with E-state index in [1.54, 1.807) is 7.11 Å². The Morgan fingerprint density at radius 2 is 1.81 bits per heavy atom. The highest BCUT2D eigenvalue weighted by atomic mass is 16.5. The monoisotopic (exact) mass is 281 g/mol. The lowest BCUT2D eigenvalue weighted by Gasteiger charge is -2.24. The zero-order valence-corrected chi connectivity index (χ0v) is 12.2. The summed E-state index contributed by atoms with van der Waals surface area (Å²) in [5.41, 5.74) is 2.78. The number of amides is 1. The van der Waals surface area contributed by atoms with Gasteiger partial charge in [-0.2, -0.15) is 0 Å². The largest absolute Gasteiger partial charge is 0.362 e. The summed E-state index contributed by atoms with van der Waals surface area (Å²) in [6, 6.07) is 17.8. The SMILES string of the molecule is CO[C@H]1CCCN1C(=O)c1ccccc1-c1ccccc1. The molecule has 108 valence electrons. The quantitative estimate of drug-likeness (QED) is 0.861. The van der Waals surface area contributed by atoms with Gasteiger partial charge in [0.1, 0.15) is 6.23 Å². The Morgan fingerprint density at radius 3 is 2.57 bits per heavy atom. The molecule has 1 aliphatic heterocycles. The van der Waals surface area contributed by atoms with Crippen LogP contribution in [0.2, 0.25) is 0 Å². The standard InChI is InChI=1S/C18H19NO2/c1-21-17-12-7-13-19(17)18(20)16-11-6-5-10-15(16)14-8-3-2-4-9-14/h2-6,8-11,17H,7,12-13H2,1H3/t17-/m0/s1. The first kappa shape index (κ1) is 13.8. The number of carbonyl (C=O) groups is 1. The van der Waals surface area contributed by atoms with Gasteiger partial charge in [0, 0.05) is 19.2 Å². The second-order valence-corrected chi connectivity index (χ2v) is 5.24. The van der Waals surface area contributed by atoms with Crippen LogP contribution in [0.25, 0.3) is 11.1 Å². The summed E-state index contributed by atoms with van der Waals surface area (Å²) >= 11 is 0. The van der Waals surface area contributed by atoms with E-state index in [9.17, 15) is 4.79 Å². The molecule has 0 N–H and O–H groups in total. The second-order valence-electron chi connectivity index (χ2n) is 5.24. The van der Waals surface area contributed by atoms with Crippen molar-refractivity contribution in [3.8, 4) is 11.1 Å². The summed E-state index contributed by atoms with van der Waals surface area (Å²) in [6.45, 7) is 0.764. The minimum Gasteiger partial charge on any atom is -0.362 e. The van der Waals surface area contributed by atoms with Crippen LogP contribution in [-0.2, 0) is 4.74 Å². The van der Waals surface area contributed by atoms with Gasteiger partial charge < -0.3 is 9.64 Å². The predicted molar refractivity (Wildman–Crippen MR) is 82.9 cm³/mol. The molecule has 21 heavy (non-hydrogen) atoms. The fourth-order valence-corrected chi connectivity index (χ4v) is 2.91. The van der Waals surface area contributed by atoms with E-state index in [-0.39, 0.29) is 12.1 Å². The van der Waals surface area contributed by atoms with Gasteiger partial charge in [-0.3, -0.25) is 4.79 Å². The van der Waals surface area contributed by atoms with Crippen molar-refractivity contribution >= 4 is 5.91 Å². The van der Waals surface area contributed by atoms with Gasteiger partial charge >= 0.3 is 0 Å². The summed E-state index contributed by atoms with van der Waals surface area (Å²) in [5.74, 6) is 0.0544. The van der Waals surface area contributed by atoms with E-state index in [0.29, 0.717) is 0 Å². The molecule has 3 heteroatoms. The number of hydrogen-bond acceptors (Lipinski definition) is 2. The van der Waals surface area contributed by atoms with Gasteiger partial charge in [0.05, 0.1) is 0 Å². The zero-order chi connectivity index (χ0) is 14.7. The molecule has 0 bridgehead atoms. The molecule has 0 spiro atoms. The third-order valence-electron chi connectivity index (χ3n) is 3.97. The Morgan fingerprint density at radius 1 is 1.10 bits per heavy atom. The summed E-state index contributed by atoms with van der Waals surface area (Å²) < 4.78 is 5.42. The lowest BCUT2D eigenvalue weighted by Crippen LogP contribution is -2.36. The fourth-order valence-electron chi connectivity index (χ4n) is 2.91. The molecular formula is C18H19NO2. The summed E-state index contributed by atoms with van der Waals surface area (Å²) in [5, 5.41) is 0. The van der Waals surface area contributed by atoms with E-state index < -0.39 is 0 Å². The van der Waals surface area contributed by atoms with Crippen LogP contribution in [-0.4, -0.2) is 30.7 Å². The number of hydrogen-bond donors (Lipinski definition) is 0. The van der Waals surface area contributed by atoms with Gasteiger partial charge in [-0.25, -0.2) is 0 Å². The molecule has 0 aliphatic carbocycles. The molecule has 3 nitrogen and oxygen atoms in total. The van der Waals surface area contributed by atoms with Crippen LogP contribution in [0.4, 0.5) is 0 Å². The van der Waals surface area contributed by atoms with Gasteiger partial charge in [-0.1, -0.05) is 48.5 Å². The molecule has 0 radical (unpaired) electrons. The van der Waals surface area contributed by atoms with E-state index in [1.165, 1.54) is 0 Å². The van der Waals surface area contributed by atoms with Crippen molar-refractivity contribution < 1.29 is 9.53 Å². The number of likely N-dealkylation sites (tertiary alicyclic amines) is 1. The number of ether oxygens (including phenoxy) is 1. The number of methoxy groups -OCH3 is 1. The molecule has 0 unspecified atom stereocenters. The first-order chi connectivity index (χ1) is 10.3. The smallest absolute Gasteiger partial charge is 0.256 e. The number of rotatable bonds is 3. The number of carbonyl (C=O) groups excluding carboxylic acids is 1. The summed E-state index contributed by atoms with van der Waals surface area (Å²) in [7, 11) is 1.67. The molecule has 1 fully saturated rings. The normalized spacial score (nSPS) is 18.0. The Labute approximate surface area is 125 Å². The molecule has 0 saturated carbocycles. The van der Waals surface area contributed by atoms with E-state index in [4.69, 9.17) is 4.74 Å². The van der Waals surface area contributed by atoms with Gasteiger partial charge in [0.2, 0.25) is 0 Å². The fraction of sp³-hybridized carbons (Fsp3) is 0.278. The Balaban J connectivity index is 1.98. The van der Waals surface area contributed by atoms with Crippen LogP contribution in [0, 0.1) is 0 Å². The van der Waals surface area contributed by atoms with Crippen molar-refractivity contribution in [2.75, 3.05) is 13.7 Å². The van der Waals surface area contributed by atoms with E-state index in [0.717, 1.165) is 36.1 Å². The molecule has 1 atom stereocenters. The minimum atomic E-state index is -0.0960. The number of nitrogens with zero attached hydrogens (tertiary/aromatic N) is 1. The van der Waals surface area contributed by atoms with Gasteiger partial charge in [0.25, 0.3) is 5.91 Å². The molecule has 0 aromatic heterocycles.